The number of H-pyrrole nitrogens is 1. The summed E-state index contributed by atoms with van der Waals surface area (Å²) in [6.45, 7) is 6.26. The van der Waals surface area contributed by atoms with Gasteiger partial charge in [0.15, 0.2) is 11.5 Å². The number of nitrogens with zero attached hydrogens (tertiary/aromatic N) is 1. The molecule has 0 spiro atoms. The summed E-state index contributed by atoms with van der Waals surface area (Å²) in [6, 6.07) is 13.8. The number of halogens is 2. The monoisotopic (exact) mass is 667 g/mol. The van der Waals surface area contributed by atoms with E-state index in [4.69, 9.17) is 32.7 Å². The molecule has 1 saturated carbocycles. The lowest BCUT2D eigenvalue weighted by Crippen LogP contribution is -2.39. The molecule has 1 fully saturated rings. The SMILES string of the molecule is CCOc1c(O)c2c(-c3ccc(CS(=O)(=O)NC(=O)C4(c5c(Cl)cccc5Cl)CC4)cc3C)[nH]c(OCC)c2c2ncccc12. The number of nitrogens with one attached hydrogen (secondary N) is 2. The van der Waals surface area contributed by atoms with E-state index in [9.17, 15) is 18.3 Å². The number of pyridine rings is 1. The Morgan fingerprint density at radius 1 is 1.04 bits per heavy atom. The van der Waals surface area contributed by atoms with Crippen LogP contribution in [0.4, 0.5) is 0 Å². The lowest BCUT2D eigenvalue weighted by Gasteiger charge is -2.18. The lowest BCUT2D eigenvalue weighted by atomic mass is 9.95. The number of benzene rings is 3. The van der Waals surface area contributed by atoms with E-state index in [-0.39, 0.29) is 5.75 Å². The second kappa shape index (κ2) is 11.7. The Morgan fingerprint density at radius 2 is 1.76 bits per heavy atom. The van der Waals surface area contributed by atoms with Gasteiger partial charge in [-0.3, -0.25) is 14.5 Å². The van der Waals surface area contributed by atoms with Gasteiger partial charge in [-0.05, 0) is 69.0 Å². The molecule has 9 nitrogen and oxygen atoms in total. The van der Waals surface area contributed by atoms with Crippen molar-refractivity contribution in [2.24, 2.45) is 0 Å². The third-order valence-corrected chi connectivity index (χ3v) is 9.91. The number of rotatable bonds is 10. The van der Waals surface area contributed by atoms with E-state index in [1.54, 1.807) is 48.7 Å². The van der Waals surface area contributed by atoms with Crippen LogP contribution in [0.1, 0.15) is 43.4 Å². The Kier molecular flexibility index (Phi) is 8.09. The number of ether oxygens (including phenoxy) is 2. The molecule has 0 saturated heterocycles. The van der Waals surface area contributed by atoms with Crippen molar-refractivity contribution in [3.05, 3.63) is 81.5 Å². The standard InChI is InChI=1S/C33H31Cl2N3O6S/c1-4-43-30-21-8-7-15-36-27(21)25-24(29(30)39)28(37-31(25)44-5-2)20-12-11-19(16-18(20)3)17-45(41,42)38-32(40)33(13-14-33)26-22(34)9-6-10-23(26)35/h6-12,15-16,37,39H,4-5,13-14,17H2,1-3H3,(H,38,40). The first-order valence-corrected chi connectivity index (χ1v) is 16.9. The highest BCUT2D eigenvalue weighted by Gasteiger charge is 2.54. The first-order chi connectivity index (χ1) is 21.5. The number of hydrogen-bond acceptors (Lipinski definition) is 7. The van der Waals surface area contributed by atoms with E-state index in [0.29, 0.717) is 86.2 Å². The Morgan fingerprint density at radius 3 is 2.40 bits per heavy atom. The van der Waals surface area contributed by atoms with Gasteiger partial charge in [-0.1, -0.05) is 47.5 Å². The molecule has 1 aliphatic rings. The Balaban J connectivity index is 1.34. The Bertz CT molecular complexity index is 2070. The van der Waals surface area contributed by atoms with Gasteiger partial charge < -0.3 is 19.6 Å². The highest BCUT2D eigenvalue weighted by molar-refractivity contribution is 7.89. The van der Waals surface area contributed by atoms with Crippen LogP contribution in [-0.4, -0.2) is 42.6 Å². The van der Waals surface area contributed by atoms with Gasteiger partial charge >= 0.3 is 0 Å². The van der Waals surface area contributed by atoms with Crippen molar-refractivity contribution in [3.8, 4) is 28.6 Å². The number of aromatic nitrogens is 2. The van der Waals surface area contributed by atoms with Crippen LogP contribution in [0.5, 0.6) is 17.4 Å². The van der Waals surface area contributed by atoms with Crippen LogP contribution in [0.2, 0.25) is 10.0 Å². The number of sulfonamides is 1. The fourth-order valence-corrected chi connectivity index (χ4v) is 7.90. The lowest BCUT2D eigenvalue weighted by molar-refractivity contribution is -0.121. The van der Waals surface area contributed by atoms with Gasteiger partial charge in [-0.25, -0.2) is 8.42 Å². The summed E-state index contributed by atoms with van der Waals surface area (Å²) in [6.07, 6.45) is 2.56. The van der Waals surface area contributed by atoms with Gasteiger partial charge in [0.05, 0.1) is 46.4 Å². The Labute approximate surface area is 270 Å². The topological polar surface area (TPSA) is 131 Å². The van der Waals surface area contributed by atoms with Crippen molar-refractivity contribution in [2.75, 3.05) is 13.2 Å². The first-order valence-electron chi connectivity index (χ1n) is 14.5. The van der Waals surface area contributed by atoms with Crippen molar-refractivity contribution in [1.29, 1.82) is 0 Å². The molecule has 1 amide bonds. The zero-order valence-corrected chi connectivity index (χ0v) is 27.2. The second-order valence-corrected chi connectivity index (χ2v) is 13.6. The zero-order valence-electron chi connectivity index (χ0n) is 24.8. The van der Waals surface area contributed by atoms with Crippen LogP contribution in [0.3, 0.4) is 0 Å². The highest BCUT2D eigenvalue weighted by atomic mass is 35.5. The number of aromatic hydroxyl groups is 1. The third kappa shape index (κ3) is 5.45. The van der Waals surface area contributed by atoms with Crippen LogP contribution < -0.4 is 14.2 Å². The maximum Gasteiger partial charge on any atom is 0.244 e. The molecule has 0 atom stereocenters. The smallest absolute Gasteiger partial charge is 0.244 e. The molecule has 234 valence electrons. The fraction of sp³-hybridized carbons (Fsp3) is 0.273. The number of hydrogen-bond donors (Lipinski definition) is 3. The summed E-state index contributed by atoms with van der Waals surface area (Å²) in [5, 5.41) is 13.9. The van der Waals surface area contributed by atoms with Crippen molar-refractivity contribution in [2.45, 2.75) is 44.8 Å². The average Bonchev–Trinajstić information content (AvgIpc) is 3.70. The fourth-order valence-electron chi connectivity index (χ4n) is 5.97. The molecule has 2 aromatic heterocycles. The average molecular weight is 669 g/mol. The van der Waals surface area contributed by atoms with E-state index in [0.717, 1.165) is 11.1 Å². The molecule has 2 heterocycles. The maximum atomic E-state index is 13.3. The summed E-state index contributed by atoms with van der Waals surface area (Å²) in [4.78, 5) is 21.2. The van der Waals surface area contributed by atoms with E-state index in [1.807, 2.05) is 26.8 Å². The van der Waals surface area contributed by atoms with Crippen LogP contribution in [0.25, 0.3) is 32.9 Å². The minimum Gasteiger partial charge on any atom is -0.504 e. The number of carbonyl (C=O) groups is 1. The van der Waals surface area contributed by atoms with Crippen molar-refractivity contribution in [3.63, 3.8) is 0 Å². The van der Waals surface area contributed by atoms with E-state index in [2.05, 4.69) is 14.7 Å². The molecule has 45 heavy (non-hydrogen) atoms. The Hall–Kier alpha value is -3.99. The molecule has 0 unspecified atom stereocenters. The quantitative estimate of drug-likeness (QED) is 0.144. The molecule has 3 N–H and O–H groups in total. The minimum absolute atomic E-state index is 0.0500. The number of aryl methyl sites for hydroxylation is 1. The van der Waals surface area contributed by atoms with E-state index < -0.39 is 27.1 Å². The van der Waals surface area contributed by atoms with Gasteiger partial charge in [0.25, 0.3) is 0 Å². The molecule has 12 heteroatoms. The van der Waals surface area contributed by atoms with Crippen LogP contribution in [0, 0.1) is 6.92 Å². The number of fused-ring (bicyclic) bond motifs is 3. The summed E-state index contributed by atoms with van der Waals surface area (Å²) in [7, 11) is -4.06. The van der Waals surface area contributed by atoms with E-state index >= 15 is 0 Å². The highest BCUT2D eigenvalue weighted by Crippen LogP contribution is 2.53. The van der Waals surface area contributed by atoms with Crippen molar-refractivity contribution in [1.82, 2.24) is 14.7 Å². The van der Waals surface area contributed by atoms with Gasteiger partial charge in [0.2, 0.25) is 21.8 Å². The van der Waals surface area contributed by atoms with E-state index in [1.165, 1.54) is 0 Å². The number of aromatic amines is 1. The molecule has 5 aromatic rings. The number of carbonyl (C=O) groups excluding carboxylic acids is 1. The molecule has 0 bridgehead atoms. The summed E-state index contributed by atoms with van der Waals surface area (Å²) < 4.78 is 40.5. The molecular weight excluding hydrogens is 637 g/mol. The minimum atomic E-state index is -4.06. The molecule has 0 radical (unpaired) electrons. The van der Waals surface area contributed by atoms with Gasteiger partial charge in [-0.15, -0.1) is 0 Å². The molecule has 6 rings (SSSR count). The zero-order chi connectivity index (χ0) is 32.1. The van der Waals surface area contributed by atoms with Crippen LogP contribution >= 0.6 is 23.2 Å². The van der Waals surface area contributed by atoms with Gasteiger partial charge in [0, 0.05) is 32.8 Å². The van der Waals surface area contributed by atoms with Crippen LogP contribution in [0.15, 0.2) is 54.7 Å². The molecule has 3 aromatic carbocycles. The third-order valence-electron chi connectivity index (χ3n) is 8.07. The predicted octanol–water partition coefficient (Wildman–Crippen LogP) is 7.18. The largest absolute Gasteiger partial charge is 0.504 e. The van der Waals surface area contributed by atoms with Gasteiger partial charge in [-0.2, -0.15) is 0 Å². The molecule has 1 aliphatic carbocycles. The summed E-state index contributed by atoms with van der Waals surface area (Å²) in [5.74, 6) is -0.347. The van der Waals surface area contributed by atoms with Crippen LogP contribution in [-0.2, 0) is 26.0 Å². The number of phenolic OH excluding ortho intramolecular Hbond substituents is 1. The first kappa shape index (κ1) is 31.0. The predicted molar refractivity (Wildman–Crippen MR) is 176 cm³/mol. The second-order valence-electron chi connectivity index (χ2n) is 11.0. The number of amides is 1. The molecule has 0 aliphatic heterocycles. The normalized spacial score (nSPS) is 14.1. The summed E-state index contributed by atoms with van der Waals surface area (Å²) in [5.41, 5.74) is 2.49. The maximum absolute atomic E-state index is 13.3. The van der Waals surface area contributed by atoms with Crippen molar-refractivity contribution < 1.29 is 27.8 Å². The van der Waals surface area contributed by atoms with Crippen molar-refractivity contribution >= 4 is 60.8 Å². The molecular formula is C33H31Cl2N3O6S. The van der Waals surface area contributed by atoms with Gasteiger partial charge in [0.1, 0.15) is 0 Å². The summed E-state index contributed by atoms with van der Waals surface area (Å²) >= 11 is 12.7. The number of phenols is 1.